The molecule has 0 aliphatic heterocycles. The number of benzene rings is 2. The van der Waals surface area contributed by atoms with E-state index in [4.69, 9.17) is 0 Å². The fraction of sp³-hybridized carbons (Fsp3) is 0.235. The predicted molar refractivity (Wildman–Crippen MR) is 90.3 cm³/mol. The second-order valence-electron chi connectivity index (χ2n) is 5.32. The number of amides is 1. The Balaban J connectivity index is 1.92. The number of nitrogens with zero attached hydrogens (tertiary/aromatic N) is 1. The van der Waals surface area contributed by atoms with Gasteiger partial charge in [0.15, 0.2) is 0 Å². The van der Waals surface area contributed by atoms with Crippen LogP contribution in [0.25, 0.3) is 0 Å². The first-order valence-electron chi connectivity index (χ1n) is 7.15. The highest BCUT2D eigenvalue weighted by Gasteiger charge is 2.29. The number of halogens is 3. The highest BCUT2D eigenvalue weighted by atomic mass is 32.2. The van der Waals surface area contributed by atoms with E-state index in [1.165, 1.54) is 24.3 Å². The van der Waals surface area contributed by atoms with Crippen LogP contribution in [0.2, 0.25) is 0 Å². The van der Waals surface area contributed by atoms with Gasteiger partial charge in [-0.3, -0.25) is 4.79 Å². The Kier molecular flexibility index (Phi) is 5.77. The van der Waals surface area contributed by atoms with E-state index >= 15 is 0 Å². The van der Waals surface area contributed by atoms with E-state index in [-0.39, 0.29) is 22.6 Å². The molecule has 1 amide bonds. The van der Waals surface area contributed by atoms with Crippen LogP contribution in [0.5, 0.6) is 0 Å². The first kappa shape index (κ1) is 18.2. The smallest absolute Gasteiger partial charge is 0.378 e. The molecule has 0 aromatic heterocycles. The molecular weight excluding hydrogens is 337 g/mol. The minimum absolute atomic E-state index is 0.0540. The summed E-state index contributed by atoms with van der Waals surface area (Å²) in [6.07, 6.45) is 0. The van der Waals surface area contributed by atoms with Crippen molar-refractivity contribution in [1.29, 1.82) is 0 Å². The largest absolute Gasteiger partial charge is 0.446 e. The van der Waals surface area contributed by atoms with Gasteiger partial charge in [0.1, 0.15) is 0 Å². The Bertz CT molecular complexity index is 682. The van der Waals surface area contributed by atoms with E-state index in [1.54, 1.807) is 0 Å². The molecule has 128 valence electrons. The zero-order chi connectivity index (χ0) is 17.7. The standard InChI is InChI=1S/C17H17F3N2OS/c1-22(2)14-7-3-12(4-8-14)11-21-16(23)13-5-9-15(10-6-13)24-17(18,19)20/h3-10H,11H2,1-2H3,(H,21,23). The van der Waals surface area contributed by atoms with Gasteiger partial charge in [-0.15, -0.1) is 0 Å². The summed E-state index contributed by atoms with van der Waals surface area (Å²) in [5, 5.41) is 2.75. The Hall–Kier alpha value is -2.15. The van der Waals surface area contributed by atoms with Crippen molar-refractivity contribution in [2.75, 3.05) is 19.0 Å². The topological polar surface area (TPSA) is 32.3 Å². The van der Waals surface area contributed by atoms with Crippen LogP contribution in [-0.4, -0.2) is 25.5 Å². The molecule has 0 heterocycles. The summed E-state index contributed by atoms with van der Waals surface area (Å²) in [7, 11) is 3.88. The molecule has 1 N–H and O–H groups in total. The molecule has 0 atom stereocenters. The van der Waals surface area contributed by atoms with E-state index < -0.39 is 5.51 Å². The maximum atomic E-state index is 12.3. The summed E-state index contributed by atoms with van der Waals surface area (Å²) >= 11 is -0.201. The third-order valence-electron chi connectivity index (χ3n) is 3.26. The van der Waals surface area contributed by atoms with Crippen LogP contribution < -0.4 is 10.2 Å². The third-order valence-corrected chi connectivity index (χ3v) is 4.00. The number of thioether (sulfide) groups is 1. The molecular formula is C17H17F3N2OS. The molecule has 0 aliphatic rings. The highest BCUT2D eigenvalue weighted by Crippen LogP contribution is 2.36. The number of anilines is 1. The van der Waals surface area contributed by atoms with Crippen LogP contribution in [0.15, 0.2) is 53.4 Å². The lowest BCUT2D eigenvalue weighted by atomic mass is 10.2. The summed E-state index contributed by atoms with van der Waals surface area (Å²) < 4.78 is 36.8. The number of hydrogen-bond donors (Lipinski definition) is 1. The van der Waals surface area contributed by atoms with Gasteiger partial charge >= 0.3 is 5.51 Å². The van der Waals surface area contributed by atoms with Crippen molar-refractivity contribution in [2.45, 2.75) is 16.9 Å². The van der Waals surface area contributed by atoms with Crippen molar-refractivity contribution >= 4 is 23.4 Å². The molecule has 3 nitrogen and oxygen atoms in total. The number of carbonyl (C=O) groups is 1. The molecule has 0 unspecified atom stereocenters. The van der Waals surface area contributed by atoms with E-state index in [0.717, 1.165) is 11.3 Å². The maximum absolute atomic E-state index is 12.3. The molecule has 24 heavy (non-hydrogen) atoms. The quantitative estimate of drug-likeness (QED) is 0.813. The Labute approximate surface area is 142 Å². The summed E-state index contributed by atoms with van der Waals surface area (Å²) in [5.74, 6) is -0.324. The van der Waals surface area contributed by atoms with Crippen LogP contribution in [0.4, 0.5) is 18.9 Å². The molecule has 0 spiro atoms. The lowest BCUT2D eigenvalue weighted by molar-refractivity contribution is -0.0328. The van der Waals surface area contributed by atoms with Gasteiger partial charge in [0.2, 0.25) is 0 Å². The summed E-state index contributed by atoms with van der Waals surface area (Å²) in [6, 6.07) is 13.1. The molecule has 0 saturated carbocycles. The fourth-order valence-electron chi connectivity index (χ4n) is 2.00. The molecule has 0 bridgehead atoms. The molecule has 0 aliphatic carbocycles. The number of nitrogens with one attached hydrogen (secondary N) is 1. The summed E-state index contributed by atoms with van der Waals surface area (Å²) in [4.78, 5) is 14.1. The second-order valence-corrected chi connectivity index (χ2v) is 6.45. The second kappa shape index (κ2) is 7.61. The molecule has 2 aromatic carbocycles. The first-order chi connectivity index (χ1) is 11.2. The van der Waals surface area contributed by atoms with Crippen molar-refractivity contribution in [3.05, 3.63) is 59.7 Å². The Morgan fingerprint density at radius 3 is 2.12 bits per heavy atom. The third kappa shape index (κ3) is 5.49. The van der Waals surface area contributed by atoms with Crippen LogP contribution in [0.1, 0.15) is 15.9 Å². The number of hydrogen-bond acceptors (Lipinski definition) is 3. The average Bonchev–Trinajstić information content (AvgIpc) is 2.52. The van der Waals surface area contributed by atoms with Crippen molar-refractivity contribution in [2.24, 2.45) is 0 Å². The lowest BCUT2D eigenvalue weighted by Gasteiger charge is -2.13. The van der Waals surface area contributed by atoms with E-state index in [1.807, 2.05) is 43.3 Å². The van der Waals surface area contributed by atoms with Gasteiger partial charge in [0.05, 0.1) is 0 Å². The zero-order valence-electron chi connectivity index (χ0n) is 13.2. The zero-order valence-corrected chi connectivity index (χ0v) is 14.0. The van der Waals surface area contributed by atoms with Crippen molar-refractivity contribution in [3.8, 4) is 0 Å². The highest BCUT2D eigenvalue weighted by molar-refractivity contribution is 8.00. The van der Waals surface area contributed by atoms with Gasteiger partial charge in [0, 0.05) is 36.8 Å². The molecule has 2 rings (SSSR count). The summed E-state index contributed by atoms with van der Waals surface area (Å²) in [6.45, 7) is 0.353. The average molecular weight is 354 g/mol. The van der Waals surface area contributed by atoms with Gasteiger partial charge in [-0.2, -0.15) is 13.2 Å². The van der Waals surface area contributed by atoms with Crippen LogP contribution >= 0.6 is 11.8 Å². The monoisotopic (exact) mass is 354 g/mol. The predicted octanol–water partition coefficient (Wildman–Crippen LogP) is 4.29. The fourth-order valence-corrected chi connectivity index (χ4v) is 2.54. The van der Waals surface area contributed by atoms with E-state index in [2.05, 4.69) is 5.32 Å². The number of alkyl halides is 3. The van der Waals surface area contributed by atoms with Gasteiger partial charge in [-0.05, 0) is 53.7 Å². The molecule has 0 radical (unpaired) electrons. The molecule has 0 saturated heterocycles. The Morgan fingerprint density at radius 2 is 1.62 bits per heavy atom. The van der Waals surface area contributed by atoms with E-state index in [9.17, 15) is 18.0 Å². The number of rotatable bonds is 5. The Morgan fingerprint density at radius 1 is 1.04 bits per heavy atom. The molecule has 2 aromatic rings. The molecule has 7 heteroatoms. The number of carbonyl (C=O) groups excluding carboxylic acids is 1. The minimum Gasteiger partial charge on any atom is -0.378 e. The SMILES string of the molecule is CN(C)c1ccc(CNC(=O)c2ccc(SC(F)(F)F)cc2)cc1. The van der Waals surface area contributed by atoms with Gasteiger partial charge in [-0.25, -0.2) is 0 Å². The minimum atomic E-state index is -4.33. The van der Waals surface area contributed by atoms with Crippen molar-refractivity contribution in [1.82, 2.24) is 5.32 Å². The molecule has 0 fully saturated rings. The first-order valence-corrected chi connectivity index (χ1v) is 7.96. The van der Waals surface area contributed by atoms with Gasteiger partial charge < -0.3 is 10.2 Å². The normalized spacial score (nSPS) is 11.2. The van der Waals surface area contributed by atoms with Gasteiger partial charge in [0.25, 0.3) is 5.91 Å². The van der Waals surface area contributed by atoms with Crippen LogP contribution in [-0.2, 0) is 6.54 Å². The lowest BCUT2D eigenvalue weighted by Crippen LogP contribution is -2.22. The van der Waals surface area contributed by atoms with Crippen molar-refractivity contribution in [3.63, 3.8) is 0 Å². The van der Waals surface area contributed by atoms with Gasteiger partial charge in [-0.1, -0.05) is 12.1 Å². The maximum Gasteiger partial charge on any atom is 0.446 e. The van der Waals surface area contributed by atoms with Crippen LogP contribution in [0, 0.1) is 0 Å². The van der Waals surface area contributed by atoms with Crippen molar-refractivity contribution < 1.29 is 18.0 Å². The van der Waals surface area contributed by atoms with E-state index in [0.29, 0.717) is 12.1 Å². The summed E-state index contributed by atoms with van der Waals surface area (Å²) in [5.41, 5.74) is -2.00. The van der Waals surface area contributed by atoms with Crippen LogP contribution in [0.3, 0.4) is 0 Å².